The van der Waals surface area contributed by atoms with Gasteiger partial charge in [0.25, 0.3) is 0 Å². The van der Waals surface area contributed by atoms with Crippen molar-refractivity contribution in [2.24, 2.45) is 7.05 Å². The van der Waals surface area contributed by atoms with Crippen LogP contribution in [0.4, 0.5) is 0 Å². The van der Waals surface area contributed by atoms with E-state index < -0.39 is 8.60 Å². The van der Waals surface area contributed by atoms with Gasteiger partial charge in [-0.05, 0) is 12.8 Å². The van der Waals surface area contributed by atoms with E-state index in [9.17, 15) is 0 Å². The van der Waals surface area contributed by atoms with Crippen LogP contribution in [-0.2, 0) is 13.6 Å². The van der Waals surface area contributed by atoms with E-state index in [2.05, 4.69) is 41.8 Å². The monoisotopic (exact) mass is 332 g/mol. The molecule has 1 aromatic rings. The van der Waals surface area contributed by atoms with Gasteiger partial charge in [-0.3, -0.25) is 0 Å². The molecular formula is C16H33N2O3P. The van der Waals surface area contributed by atoms with E-state index in [4.69, 9.17) is 14.7 Å². The normalized spacial score (nSPS) is 10.6. The van der Waals surface area contributed by atoms with Gasteiger partial charge in [0.15, 0.2) is 0 Å². The Balaban J connectivity index is 0.000000980. The Morgan fingerprint density at radius 1 is 0.955 bits per heavy atom. The lowest BCUT2D eigenvalue weighted by Crippen LogP contribution is -2.23. The lowest BCUT2D eigenvalue weighted by molar-refractivity contribution is -0.671. The molecule has 22 heavy (non-hydrogen) atoms. The summed E-state index contributed by atoms with van der Waals surface area (Å²) in [5.41, 5.74) is 0. The van der Waals surface area contributed by atoms with Gasteiger partial charge >= 0.3 is 0 Å². The molecule has 1 aromatic heterocycles. The van der Waals surface area contributed by atoms with Gasteiger partial charge in [-0.1, -0.05) is 58.3 Å². The van der Waals surface area contributed by atoms with Gasteiger partial charge in [0, 0.05) is 0 Å². The van der Waals surface area contributed by atoms with Gasteiger partial charge in [-0.25, -0.2) is 9.13 Å². The highest BCUT2D eigenvalue weighted by Gasteiger charge is 1.99. The van der Waals surface area contributed by atoms with Crippen molar-refractivity contribution in [3.05, 3.63) is 18.7 Å². The van der Waals surface area contributed by atoms with Crippen LogP contribution >= 0.6 is 8.60 Å². The number of aromatic nitrogens is 2. The van der Waals surface area contributed by atoms with E-state index in [0.29, 0.717) is 0 Å². The maximum Gasteiger partial charge on any atom is 0.243 e. The molecule has 0 amide bonds. The maximum absolute atomic E-state index is 8.70. The molecule has 0 fully saturated rings. The van der Waals surface area contributed by atoms with Gasteiger partial charge in [0.05, 0.1) is 22.2 Å². The molecule has 130 valence electrons. The quantitative estimate of drug-likeness (QED) is 0.372. The minimum Gasteiger partial charge on any atom is -0.786 e. The van der Waals surface area contributed by atoms with Crippen LogP contribution in [0, 0.1) is 0 Å². The van der Waals surface area contributed by atoms with Crippen molar-refractivity contribution in [3.63, 3.8) is 0 Å². The predicted molar refractivity (Wildman–Crippen MR) is 88.8 cm³/mol. The summed E-state index contributed by atoms with van der Waals surface area (Å²) in [5, 5.41) is 0. The fourth-order valence-corrected chi connectivity index (χ4v) is 2.42. The molecule has 5 nitrogen and oxygen atoms in total. The Morgan fingerprint density at radius 2 is 1.41 bits per heavy atom. The first-order valence-electron chi connectivity index (χ1n) is 8.42. The highest BCUT2D eigenvalue weighted by atomic mass is 31.2. The molecule has 0 bridgehead atoms. The summed E-state index contributed by atoms with van der Waals surface area (Å²) in [6.45, 7) is 3.46. The van der Waals surface area contributed by atoms with E-state index >= 15 is 0 Å². The van der Waals surface area contributed by atoms with Crippen LogP contribution in [-0.4, -0.2) is 14.4 Å². The minimum absolute atomic E-state index is 1.18. The van der Waals surface area contributed by atoms with Crippen LogP contribution < -0.4 is 9.46 Å². The van der Waals surface area contributed by atoms with E-state index in [1.54, 1.807) is 0 Å². The number of unbranched alkanes of at least 4 members (excludes halogenated alkanes) is 9. The van der Waals surface area contributed by atoms with Crippen molar-refractivity contribution in [2.45, 2.75) is 77.7 Å². The van der Waals surface area contributed by atoms with Crippen LogP contribution in [0.5, 0.6) is 0 Å². The van der Waals surface area contributed by atoms with Gasteiger partial charge in [0.1, 0.15) is 12.4 Å². The van der Waals surface area contributed by atoms with Crippen LogP contribution in [0.2, 0.25) is 0 Å². The molecule has 0 aliphatic rings. The Morgan fingerprint density at radius 3 is 1.82 bits per heavy atom. The fourth-order valence-electron chi connectivity index (χ4n) is 2.42. The summed E-state index contributed by atoms with van der Waals surface area (Å²) >= 11 is 0. The summed E-state index contributed by atoms with van der Waals surface area (Å²) in [5.74, 6) is 0. The molecule has 0 saturated heterocycles. The van der Waals surface area contributed by atoms with Crippen molar-refractivity contribution in [1.82, 2.24) is 4.57 Å². The highest BCUT2D eigenvalue weighted by molar-refractivity contribution is 7.36. The number of imidazole rings is 1. The van der Waals surface area contributed by atoms with E-state index in [1.165, 1.54) is 70.8 Å². The second kappa shape index (κ2) is 15.4. The molecule has 0 spiro atoms. The van der Waals surface area contributed by atoms with Crippen LogP contribution in [0.1, 0.15) is 71.1 Å². The Kier molecular flexibility index (Phi) is 15.1. The SMILES string of the molecule is CCCCCCCCCCCCn1cc[n+](C)c1.[O-]P(O)O. The zero-order valence-corrected chi connectivity index (χ0v) is 15.0. The van der Waals surface area contributed by atoms with Gasteiger partial charge in [0.2, 0.25) is 6.33 Å². The summed E-state index contributed by atoms with van der Waals surface area (Å²) < 4.78 is 4.39. The largest absolute Gasteiger partial charge is 0.786 e. The van der Waals surface area contributed by atoms with Crippen molar-refractivity contribution in [1.29, 1.82) is 0 Å². The Hall–Kier alpha value is -0.480. The van der Waals surface area contributed by atoms with Gasteiger partial charge < -0.3 is 14.7 Å². The second-order valence-electron chi connectivity index (χ2n) is 5.75. The molecular weight excluding hydrogens is 299 g/mol. The maximum atomic E-state index is 8.70. The molecule has 0 aromatic carbocycles. The van der Waals surface area contributed by atoms with E-state index in [1.807, 2.05) is 0 Å². The van der Waals surface area contributed by atoms with E-state index in [0.717, 1.165) is 0 Å². The summed E-state index contributed by atoms with van der Waals surface area (Å²) in [4.78, 5) is 22.9. The third-order valence-corrected chi connectivity index (χ3v) is 3.59. The first kappa shape index (κ1) is 21.5. The first-order chi connectivity index (χ1) is 10.6. The zero-order chi connectivity index (χ0) is 16.6. The predicted octanol–water partition coefficient (Wildman–Crippen LogP) is 2.79. The summed E-state index contributed by atoms with van der Waals surface area (Å²) in [7, 11) is -0.792. The third kappa shape index (κ3) is 15.9. The number of aryl methyl sites for hydroxylation is 2. The van der Waals surface area contributed by atoms with Crippen LogP contribution in [0.15, 0.2) is 18.7 Å². The lowest BCUT2D eigenvalue weighted by atomic mass is 10.1. The Bertz CT molecular complexity index is 343. The molecule has 0 radical (unpaired) electrons. The topological polar surface area (TPSA) is 72.3 Å². The lowest BCUT2D eigenvalue weighted by Gasteiger charge is -2.01. The van der Waals surface area contributed by atoms with Crippen LogP contribution in [0.3, 0.4) is 0 Å². The van der Waals surface area contributed by atoms with E-state index in [-0.39, 0.29) is 0 Å². The zero-order valence-electron chi connectivity index (χ0n) is 14.2. The van der Waals surface area contributed by atoms with Crippen molar-refractivity contribution in [2.75, 3.05) is 0 Å². The molecule has 2 N–H and O–H groups in total. The minimum atomic E-state index is -2.87. The second-order valence-corrected chi connectivity index (χ2v) is 6.26. The molecule has 0 saturated carbocycles. The van der Waals surface area contributed by atoms with Gasteiger partial charge in [-0.2, -0.15) is 0 Å². The number of rotatable bonds is 11. The molecule has 6 heteroatoms. The number of hydrogen-bond acceptors (Lipinski definition) is 3. The van der Waals surface area contributed by atoms with Gasteiger partial charge in [-0.15, -0.1) is 0 Å². The van der Waals surface area contributed by atoms with Crippen LogP contribution in [0.25, 0.3) is 0 Å². The van der Waals surface area contributed by atoms with Crippen molar-refractivity contribution in [3.8, 4) is 0 Å². The highest BCUT2D eigenvalue weighted by Crippen LogP contribution is 2.10. The molecule has 1 rings (SSSR count). The average Bonchev–Trinajstić information content (AvgIpc) is 2.86. The first-order valence-corrected chi connectivity index (χ1v) is 9.58. The fraction of sp³-hybridized carbons (Fsp3) is 0.812. The third-order valence-electron chi connectivity index (χ3n) is 3.59. The molecule has 0 unspecified atom stereocenters. The standard InChI is InChI=1S/C16H31N2.H2O3P/c1-3-4-5-6-7-8-9-10-11-12-13-18-15-14-17(2)16-18;1-4(2)3/h14-16H,3-13H2,1-2H3;1-2H/q+1;-1. The van der Waals surface area contributed by atoms with Crippen molar-refractivity contribution < 1.29 is 19.2 Å². The molecule has 0 aliphatic carbocycles. The average molecular weight is 332 g/mol. The molecule has 0 aliphatic heterocycles. The number of hydrogen-bond donors (Lipinski definition) is 2. The van der Waals surface area contributed by atoms with Crippen molar-refractivity contribution >= 4 is 8.60 Å². The smallest absolute Gasteiger partial charge is 0.243 e. The molecule has 0 atom stereocenters. The summed E-state index contributed by atoms with van der Waals surface area (Å²) in [6, 6.07) is 0. The summed E-state index contributed by atoms with van der Waals surface area (Å²) in [6.07, 6.45) is 20.6. The molecule has 1 heterocycles. The number of nitrogens with zero attached hydrogens (tertiary/aromatic N) is 2. The Labute approximate surface area is 136 Å².